The highest BCUT2D eigenvalue weighted by Gasteiger charge is 2.25. The zero-order valence-electron chi connectivity index (χ0n) is 15.0. The molecular formula is C19H19ClN2O4S2. The van der Waals surface area contributed by atoms with E-state index in [0.717, 1.165) is 41.0 Å². The molecule has 0 aliphatic heterocycles. The summed E-state index contributed by atoms with van der Waals surface area (Å²) in [6, 6.07) is 7.16. The van der Waals surface area contributed by atoms with Crippen molar-refractivity contribution in [1.82, 2.24) is 0 Å². The van der Waals surface area contributed by atoms with Crippen molar-refractivity contribution in [2.45, 2.75) is 30.6 Å². The average Bonchev–Trinajstić information content (AvgIpc) is 3.03. The monoisotopic (exact) mass is 438 g/mol. The molecule has 148 valence electrons. The number of thioether (sulfide) groups is 1. The largest absolute Gasteiger partial charge is 0.455 e. The number of aryl methyl sites for hydroxylation is 1. The second-order valence-electron chi connectivity index (χ2n) is 6.21. The molecule has 1 heterocycles. The molecule has 28 heavy (non-hydrogen) atoms. The Kier molecular flexibility index (Phi) is 6.98. The number of esters is 1. The van der Waals surface area contributed by atoms with E-state index in [1.54, 1.807) is 18.2 Å². The Morgan fingerprint density at radius 3 is 2.71 bits per heavy atom. The number of anilines is 1. The summed E-state index contributed by atoms with van der Waals surface area (Å²) in [7, 11) is 0. The molecule has 3 rings (SSSR count). The summed E-state index contributed by atoms with van der Waals surface area (Å²) in [4.78, 5) is 37.7. The standard InChI is InChI=1S/C19H19ClN2O4S2/c20-12-6-2-4-8-14(12)27-10-16(24)26-9-15(23)22-19-17(18(21)25)11-5-1-3-7-13(11)28-19/h2,4,6,8H,1,3,5,7,9-10H2,(H2,21,25)(H,22,23). The molecule has 1 aromatic heterocycles. The summed E-state index contributed by atoms with van der Waals surface area (Å²) in [6.45, 7) is -0.428. The van der Waals surface area contributed by atoms with Gasteiger partial charge in [0, 0.05) is 9.77 Å². The van der Waals surface area contributed by atoms with Gasteiger partial charge in [0.05, 0.1) is 16.3 Å². The summed E-state index contributed by atoms with van der Waals surface area (Å²) < 4.78 is 5.01. The second-order valence-corrected chi connectivity index (χ2v) is 8.74. The van der Waals surface area contributed by atoms with E-state index in [0.29, 0.717) is 15.6 Å². The lowest BCUT2D eigenvalue weighted by atomic mass is 9.95. The molecule has 6 nitrogen and oxygen atoms in total. The number of hydrogen-bond donors (Lipinski definition) is 2. The minimum Gasteiger partial charge on any atom is -0.455 e. The van der Waals surface area contributed by atoms with E-state index < -0.39 is 24.4 Å². The van der Waals surface area contributed by atoms with Gasteiger partial charge in [-0.25, -0.2) is 0 Å². The third-order valence-corrected chi connectivity index (χ3v) is 6.91. The van der Waals surface area contributed by atoms with Crippen LogP contribution >= 0.6 is 34.7 Å². The summed E-state index contributed by atoms with van der Waals surface area (Å²) >= 11 is 8.64. The van der Waals surface area contributed by atoms with Gasteiger partial charge < -0.3 is 15.8 Å². The molecule has 0 spiro atoms. The normalized spacial score (nSPS) is 12.9. The molecule has 0 saturated carbocycles. The Labute approximate surface area is 175 Å². The van der Waals surface area contributed by atoms with Crippen LogP contribution in [0.25, 0.3) is 0 Å². The zero-order chi connectivity index (χ0) is 20.1. The maximum absolute atomic E-state index is 12.2. The summed E-state index contributed by atoms with van der Waals surface area (Å²) in [5.41, 5.74) is 6.83. The Hall–Kier alpha value is -2.03. The first-order chi connectivity index (χ1) is 13.5. The number of ether oxygens (including phenoxy) is 1. The van der Waals surface area contributed by atoms with Crippen LogP contribution in [0.2, 0.25) is 5.02 Å². The van der Waals surface area contributed by atoms with Crippen molar-refractivity contribution in [2.24, 2.45) is 5.73 Å². The Bertz CT molecular complexity index is 913. The fraction of sp³-hybridized carbons (Fsp3) is 0.316. The number of thiophene rings is 1. The number of benzene rings is 1. The van der Waals surface area contributed by atoms with E-state index in [9.17, 15) is 14.4 Å². The molecule has 0 atom stereocenters. The van der Waals surface area contributed by atoms with Crippen molar-refractivity contribution in [3.05, 3.63) is 45.3 Å². The lowest BCUT2D eigenvalue weighted by Gasteiger charge is -2.11. The molecule has 1 aromatic carbocycles. The van der Waals surface area contributed by atoms with Crippen LogP contribution in [0.4, 0.5) is 5.00 Å². The minimum absolute atomic E-state index is 0.0385. The lowest BCUT2D eigenvalue weighted by molar-refractivity contribution is -0.144. The van der Waals surface area contributed by atoms with Gasteiger partial charge in [-0.15, -0.1) is 23.1 Å². The SMILES string of the molecule is NC(=O)c1c(NC(=O)COC(=O)CSc2ccccc2Cl)sc2c1CCCC2. The van der Waals surface area contributed by atoms with E-state index in [1.165, 1.54) is 23.1 Å². The van der Waals surface area contributed by atoms with Gasteiger partial charge in [0.25, 0.3) is 11.8 Å². The zero-order valence-corrected chi connectivity index (χ0v) is 17.3. The third kappa shape index (κ3) is 5.06. The van der Waals surface area contributed by atoms with Crippen LogP contribution in [-0.2, 0) is 27.2 Å². The number of carbonyl (C=O) groups is 3. The number of primary amides is 1. The third-order valence-electron chi connectivity index (χ3n) is 4.22. The van der Waals surface area contributed by atoms with Crippen LogP contribution in [0.1, 0.15) is 33.6 Å². The Morgan fingerprint density at radius 1 is 1.21 bits per heavy atom. The van der Waals surface area contributed by atoms with Gasteiger partial charge >= 0.3 is 5.97 Å². The highest BCUT2D eigenvalue weighted by molar-refractivity contribution is 8.00. The van der Waals surface area contributed by atoms with Crippen LogP contribution in [0.5, 0.6) is 0 Å². The van der Waals surface area contributed by atoms with E-state index in [-0.39, 0.29) is 5.75 Å². The van der Waals surface area contributed by atoms with Gasteiger partial charge in [-0.05, 0) is 43.4 Å². The van der Waals surface area contributed by atoms with E-state index in [4.69, 9.17) is 22.1 Å². The molecule has 3 N–H and O–H groups in total. The molecule has 9 heteroatoms. The van der Waals surface area contributed by atoms with Crippen molar-refractivity contribution in [3.8, 4) is 0 Å². The van der Waals surface area contributed by atoms with Gasteiger partial charge in [-0.3, -0.25) is 14.4 Å². The van der Waals surface area contributed by atoms with Crippen molar-refractivity contribution in [1.29, 1.82) is 0 Å². The fourth-order valence-electron chi connectivity index (χ4n) is 2.96. The molecule has 0 radical (unpaired) electrons. The predicted molar refractivity (Wildman–Crippen MR) is 111 cm³/mol. The van der Waals surface area contributed by atoms with Gasteiger partial charge in [0.15, 0.2) is 6.61 Å². The molecular weight excluding hydrogens is 420 g/mol. The minimum atomic E-state index is -0.553. The number of nitrogens with two attached hydrogens (primary N) is 1. The van der Waals surface area contributed by atoms with Crippen molar-refractivity contribution in [2.75, 3.05) is 17.7 Å². The van der Waals surface area contributed by atoms with Gasteiger partial charge in [-0.1, -0.05) is 23.7 Å². The maximum atomic E-state index is 12.2. The van der Waals surface area contributed by atoms with Crippen molar-refractivity contribution >= 4 is 57.5 Å². The van der Waals surface area contributed by atoms with Gasteiger partial charge in [-0.2, -0.15) is 0 Å². The first-order valence-electron chi connectivity index (χ1n) is 8.73. The first-order valence-corrected chi connectivity index (χ1v) is 10.9. The predicted octanol–water partition coefficient (Wildman–Crippen LogP) is 3.65. The Balaban J connectivity index is 1.53. The number of hydrogen-bond acceptors (Lipinski definition) is 6. The molecule has 2 aromatic rings. The first kappa shape index (κ1) is 20.7. The number of amides is 2. The van der Waals surface area contributed by atoms with Gasteiger partial charge in [0.1, 0.15) is 5.00 Å². The summed E-state index contributed by atoms with van der Waals surface area (Å²) in [6.07, 6.45) is 3.72. The number of halogens is 1. The highest BCUT2D eigenvalue weighted by Crippen LogP contribution is 2.37. The molecule has 2 amide bonds. The molecule has 0 bridgehead atoms. The molecule has 0 saturated heterocycles. The van der Waals surface area contributed by atoms with Crippen LogP contribution in [0, 0.1) is 0 Å². The van der Waals surface area contributed by atoms with E-state index in [1.807, 2.05) is 6.07 Å². The highest BCUT2D eigenvalue weighted by atomic mass is 35.5. The molecule has 1 aliphatic rings. The van der Waals surface area contributed by atoms with Crippen molar-refractivity contribution in [3.63, 3.8) is 0 Å². The van der Waals surface area contributed by atoms with Crippen LogP contribution in [-0.4, -0.2) is 30.1 Å². The molecule has 1 aliphatic carbocycles. The lowest BCUT2D eigenvalue weighted by Crippen LogP contribution is -2.23. The number of rotatable bonds is 7. The molecule has 0 fully saturated rings. The Morgan fingerprint density at radius 2 is 1.96 bits per heavy atom. The quantitative estimate of drug-likeness (QED) is 0.507. The van der Waals surface area contributed by atoms with Gasteiger partial charge in [0.2, 0.25) is 0 Å². The van der Waals surface area contributed by atoms with Crippen molar-refractivity contribution < 1.29 is 19.1 Å². The average molecular weight is 439 g/mol. The maximum Gasteiger partial charge on any atom is 0.316 e. The summed E-state index contributed by atoms with van der Waals surface area (Å²) in [5, 5.41) is 3.65. The van der Waals surface area contributed by atoms with Crippen LogP contribution in [0.15, 0.2) is 29.2 Å². The summed E-state index contributed by atoms with van der Waals surface area (Å²) in [5.74, 6) is -1.54. The van der Waals surface area contributed by atoms with Crippen LogP contribution < -0.4 is 11.1 Å². The fourth-order valence-corrected chi connectivity index (χ4v) is 5.31. The van der Waals surface area contributed by atoms with E-state index >= 15 is 0 Å². The van der Waals surface area contributed by atoms with E-state index in [2.05, 4.69) is 5.32 Å². The number of nitrogens with one attached hydrogen (secondary N) is 1. The smallest absolute Gasteiger partial charge is 0.316 e. The number of carbonyl (C=O) groups excluding carboxylic acids is 3. The molecule has 0 unspecified atom stereocenters. The second kappa shape index (κ2) is 9.45. The van der Waals surface area contributed by atoms with Crippen LogP contribution in [0.3, 0.4) is 0 Å². The topological polar surface area (TPSA) is 98.5 Å². The number of fused-ring (bicyclic) bond motifs is 1.